The van der Waals surface area contributed by atoms with Crippen LogP contribution in [-0.4, -0.2) is 30.8 Å². The third-order valence-corrected chi connectivity index (χ3v) is 4.06. The molecule has 0 aromatic heterocycles. The second-order valence-electron chi connectivity index (χ2n) is 3.77. The summed E-state index contributed by atoms with van der Waals surface area (Å²) in [6.45, 7) is 3.35. The first kappa shape index (κ1) is 12.7. The third kappa shape index (κ3) is 2.61. The summed E-state index contributed by atoms with van der Waals surface area (Å²) in [4.78, 5) is 0. The van der Waals surface area contributed by atoms with Crippen LogP contribution in [0.5, 0.6) is 0 Å². The molecule has 0 amide bonds. The lowest BCUT2D eigenvalue weighted by Crippen LogP contribution is -2.27. The SMILES string of the molecule is Cc1ccccc1/C(=N\O)C(C)S(C)(=O)=O. The molecule has 0 radical (unpaired) electrons. The lowest BCUT2D eigenvalue weighted by atomic mass is 10.0. The molecule has 0 aliphatic carbocycles. The Kier molecular flexibility index (Phi) is 3.70. The van der Waals surface area contributed by atoms with Crippen LogP contribution in [0.15, 0.2) is 29.4 Å². The van der Waals surface area contributed by atoms with E-state index in [1.54, 1.807) is 12.1 Å². The average molecular weight is 241 g/mol. The minimum atomic E-state index is -3.27. The fourth-order valence-corrected chi connectivity index (χ4v) is 2.00. The van der Waals surface area contributed by atoms with Gasteiger partial charge in [-0.15, -0.1) is 0 Å². The van der Waals surface area contributed by atoms with Crippen molar-refractivity contribution >= 4 is 15.5 Å². The number of aryl methyl sites for hydroxylation is 1. The topological polar surface area (TPSA) is 66.7 Å². The van der Waals surface area contributed by atoms with Crippen LogP contribution in [0.3, 0.4) is 0 Å². The molecule has 1 unspecified atom stereocenters. The fraction of sp³-hybridized carbons (Fsp3) is 0.364. The zero-order valence-electron chi connectivity index (χ0n) is 9.51. The van der Waals surface area contributed by atoms with Gasteiger partial charge in [0.1, 0.15) is 11.0 Å². The van der Waals surface area contributed by atoms with Gasteiger partial charge in [-0.25, -0.2) is 8.42 Å². The molecule has 5 heteroatoms. The summed E-state index contributed by atoms with van der Waals surface area (Å²) in [6.07, 6.45) is 1.13. The van der Waals surface area contributed by atoms with Gasteiger partial charge in [-0.05, 0) is 19.4 Å². The van der Waals surface area contributed by atoms with Crippen LogP contribution in [0.2, 0.25) is 0 Å². The molecule has 1 rings (SSSR count). The minimum absolute atomic E-state index is 0.181. The van der Waals surface area contributed by atoms with E-state index in [2.05, 4.69) is 5.16 Å². The molecule has 0 bridgehead atoms. The van der Waals surface area contributed by atoms with E-state index in [1.165, 1.54) is 6.92 Å². The maximum Gasteiger partial charge on any atom is 0.155 e. The fourth-order valence-electron chi connectivity index (χ4n) is 1.42. The number of nitrogens with zero attached hydrogens (tertiary/aromatic N) is 1. The smallest absolute Gasteiger partial charge is 0.155 e. The first-order valence-corrected chi connectivity index (χ1v) is 6.80. The third-order valence-electron chi connectivity index (χ3n) is 2.56. The molecule has 1 N–H and O–H groups in total. The maximum atomic E-state index is 11.4. The van der Waals surface area contributed by atoms with Crippen molar-refractivity contribution in [3.05, 3.63) is 35.4 Å². The highest BCUT2D eigenvalue weighted by atomic mass is 32.2. The Morgan fingerprint density at radius 1 is 1.38 bits per heavy atom. The van der Waals surface area contributed by atoms with E-state index in [4.69, 9.17) is 5.21 Å². The summed E-state index contributed by atoms with van der Waals surface area (Å²) >= 11 is 0. The quantitative estimate of drug-likeness (QED) is 0.496. The Hall–Kier alpha value is -1.36. The molecule has 0 saturated heterocycles. The first-order valence-electron chi connectivity index (χ1n) is 4.84. The summed E-state index contributed by atoms with van der Waals surface area (Å²) < 4.78 is 22.8. The van der Waals surface area contributed by atoms with Crippen molar-refractivity contribution < 1.29 is 13.6 Å². The highest BCUT2D eigenvalue weighted by Gasteiger charge is 2.24. The zero-order chi connectivity index (χ0) is 12.3. The van der Waals surface area contributed by atoms with E-state index >= 15 is 0 Å². The van der Waals surface area contributed by atoms with Gasteiger partial charge in [0, 0.05) is 11.8 Å². The van der Waals surface area contributed by atoms with Crippen molar-refractivity contribution in [2.45, 2.75) is 19.1 Å². The Morgan fingerprint density at radius 2 is 1.94 bits per heavy atom. The van der Waals surface area contributed by atoms with Crippen LogP contribution in [0, 0.1) is 6.92 Å². The van der Waals surface area contributed by atoms with E-state index in [9.17, 15) is 8.42 Å². The van der Waals surface area contributed by atoms with Gasteiger partial charge >= 0.3 is 0 Å². The van der Waals surface area contributed by atoms with Crippen LogP contribution < -0.4 is 0 Å². The normalized spacial score (nSPS) is 14.8. The van der Waals surface area contributed by atoms with Gasteiger partial charge in [0.2, 0.25) is 0 Å². The van der Waals surface area contributed by atoms with Crippen molar-refractivity contribution in [2.24, 2.45) is 5.16 Å². The maximum absolute atomic E-state index is 11.4. The molecule has 0 aliphatic rings. The summed E-state index contributed by atoms with van der Waals surface area (Å²) in [5.74, 6) is 0. The van der Waals surface area contributed by atoms with Crippen molar-refractivity contribution in [2.75, 3.05) is 6.26 Å². The first-order chi connectivity index (χ1) is 7.38. The molecule has 4 nitrogen and oxygen atoms in total. The highest BCUT2D eigenvalue weighted by Crippen LogP contribution is 2.14. The number of sulfone groups is 1. The number of oxime groups is 1. The molecule has 0 heterocycles. The highest BCUT2D eigenvalue weighted by molar-refractivity contribution is 7.92. The molecular weight excluding hydrogens is 226 g/mol. The van der Waals surface area contributed by atoms with E-state index in [0.717, 1.165) is 11.8 Å². The molecule has 0 fully saturated rings. The molecule has 1 atom stereocenters. The molecule has 0 aliphatic heterocycles. The molecule has 0 spiro atoms. The lowest BCUT2D eigenvalue weighted by Gasteiger charge is -2.13. The predicted octanol–water partition coefficient (Wildman–Crippen LogP) is 1.61. The standard InChI is InChI=1S/C11H15NO3S/c1-8-6-4-5-7-10(8)11(12-13)9(2)16(3,14)15/h4-7,9,13H,1-3H3/b12-11-. The molecule has 1 aromatic carbocycles. The average Bonchev–Trinajstić information content (AvgIpc) is 2.20. The second kappa shape index (κ2) is 4.65. The number of hydrogen-bond acceptors (Lipinski definition) is 4. The van der Waals surface area contributed by atoms with E-state index in [-0.39, 0.29) is 5.71 Å². The van der Waals surface area contributed by atoms with Gasteiger partial charge in [0.05, 0.1) is 0 Å². The van der Waals surface area contributed by atoms with Gasteiger partial charge in [-0.2, -0.15) is 0 Å². The number of hydrogen-bond donors (Lipinski definition) is 1. The van der Waals surface area contributed by atoms with E-state index in [1.807, 2.05) is 19.1 Å². The lowest BCUT2D eigenvalue weighted by molar-refractivity contribution is 0.318. The Morgan fingerprint density at radius 3 is 2.38 bits per heavy atom. The Labute approximate surface area is 95.5 Å². The van der Waals surface area contributed by atoms with Gasteiger partial charge in [0.15, 0.2) is 9.84 Å². The van der Waals surface area contributed by atoms with E-state index in [0.29, 0.717) is 5.56 Å². The van der Waals surface area contributed by atoms with Gasteiger partial charge in [-0.3, -0.25) is 0 Å². The van der Waals surface area contributed by atoms with Gasteiger partial charge in [0.25, 0.3) is 0 Å². The van der Waals surface area contributed by atoms with Crippen LogP contribution >= 0.6 is 0 Å². The van der Waals surface area contributed by atoms with Crippen molar-refractivity contribution in [3.8, 4) is 0 Å². The van der Waals surface area contributed by atoms with E-state index < -0.39 is 15.1 Å². The minimum Gasteiger partial charge on any atom is -0.411 e. The second-order valence-corrected chi connectivity index (χ2v) is 6.14. The van der Waals surface area contributed by atoms with Gasteiger partial charge < -0.3 is 5.21 Å². The number of rotatable bonds is 3. The Bertz CT molecular complexity index is 506. The molecule has 88 valence electrons. The monoisotopic (exact) mass is 241 g/mol. The Balaban J connectivity index is 3.26. The van der Waals surface area contributed by atoms with Crippen molar-refractivity contribution in [1.29, 1.82) is 0 Å². The molecular formula is C11H15NO3S. The summed E-state index contributed by atoms with van der Waals surface area (Å²) in [5.41, 5.74) is 1.72. The molecule has 16 heavy (non-hydrogen) atoms. The van der Waals surface area contributed by atoms with Crippen LogP contribution in [0.25, 0.3) is 0 Å². The summed E-state index contributed by atoms with van der Waals surface area (Å²) in [6, 6.07) is 7.21. The van der Waals surface area contributed by atoms with Crippen LogP contribution in [-0.2, 0) is 9.84 Å². The molecule has 0 saturated carbocycles. The number of benzene rings is 1. The summed E-state index contributed by atoms with van der Waals surface area (Å²) in [7, 11) is -3.27. The predicted molar refractivity (Wildman–Crippen MR) is 63.8 cm³/mol. The largest absolute Gasteiger partial charge is 0.411 e. The summed E-state index contributed by atoms with van der Waals surface area (Å²) in [5, 5.41) is 11.3. The van der Waals surface area contributed by atoms with Crippen molar-refractivity contribution in [3.63, 3.8) is 0 Å². The van der Waals surface area contributed by atoms with Crippen molar-refractivity contribution in [1.82, 2.24) is 0 Å². The zero-order valence-corrected chi connectivity index (χ0v) is 10.3. The van der Waals surface area contributed by atoms with Gasteiger partial charge in [-0.1, -0.05) is 29.4 Å². The van der Waals surface area contributed by atoms with Crippen LogP contribution in [0.4, 0.5) is 0 Å². The molecule has 1 aromatic rings. The van der Waals surface area contributed by atoms with Crippen LogP contribution in [0.1, 0.15) is 18.1 Å².